The van der Waals surface area contributed by atoms with Gasteiger partial charge in [-0.2, -0.15) is 4.98 Å². The quantitative estimate of drug-likeness (QED) is 0.179. The first-order valence-corrected chi connectivity index (χ1v) is 15.2. The van der Waals surface area contributed by atoms with Crippen LogP contribution in [0.15, 0.2) is 83.2 Å². The average molecular weight is 584 g/mol. The summed E-state index contributed by atoms with van der Waals surface area (Å²) in [5, 5.41) is 11.9. The minimum Gasteiger partial charge on any atom is -0.490 e. The Kier molecular flexibility index (Phi) is 9.17. The van der Waals surface area contributed by atoms with Gasteiger partial charge in [0.15, 0.2) is 11.5 Å². The zero-order valence-electron chi connectivity index (χ0n) is 24.7. The molecule has 1 amide bonds. The highest BCUT2D eigenvalue weighted by Crippen LogP contribution is 2.40. The molecule has 4 aromatic rings. The van der Waals surface area contributed by atoms with Crippen LogP contribution in [0.5, 0.6) is 11.5 Å². The molecule has 9 heteroatoms. The summed E-state index contributed by atoms with van der Waals surface area (Å²) in [6.07, 6.45) is 1.01. The summed E-state index contributed by atoms with van der Waals surface area (Å²) in [5.41, 5.74) is 6.19. The van der Waals surface area contributed by atoms with Gasteiger partial charge in [0, 0.05) is 17.1 Å². The van der Waals surface area contributed by atoms with Crippen molar-refractivity contribution in [1.29, 1.82) is 0 Å². The Morgan fingerprint density at radius 3 is 2.52 bits per heavy atom. The predicted octanol–water partition coefficient (Wildman–Crippen LogP) is 7.30. The number of carbonyl (C=O) groups excluding carboxylic acids is 1. The van der Waals surface area contributed by atoms with E-state index < -0.39 is 6.04 Å². The monoisotopic (exact) mass is 583 g/mol. The topological polar surface area (TPSA) is 90.3 Å². The molecule has 1 aromatic heterocycles. The van der Waals surface area contributed by atoms with Crippen molar-refractivity contribution < 1.29 is 14.3 Å². The largest absolute Gasteiger partial charge is 0.490 e. The second kappa shape index (κ2) is 13.2. The van der Waals surface area contributed by atoms with Gasteiger partial charge in [-0.05, 0) is 75.1 Å². The Morgan fingerprint density at radius 1 is 0.976 bits per heavy atom. The lowest BCUT2D eigenvalue weighted by molar-refractivity contribution is -0.113. The zero-order valence-corrected chi connectivity index (χ0v) is 25.5. The molecule has 2 heterocycles. The van der Waals surface area contributed by atoms with Crippen LogP contribution in [0.2, 0.25) is 0 Å². The second-order valence-corrected chi connectivity index (χ2v) is 11.4. The number of aryl methyl sites for hydroxylation is 2. The Balaban J connectivity index is 1.52. The summed E-state index contributed by atoms with van der Waals surface area (Å²) in [6, 6.07) is 21.3. The second-order valence-electron chi connectivity index (χ2n) is 10.3. The number of fused-ring (bicyclic) bond motifs is 1. The maximum absolute atomic E-state index is 13.9. The van der Waals surface area contributed by atoms with E-state index >= 15 is 0 Å². The van der Waals surface area contributed by atoms with Crippen molar-refractivity contribution in [2.24, 2.45) is 0 Å². The van der Waals surface area contributed by atoms with Gasteiger partial charge in [0.05, 0.1) is 12.2 Å². The van der Waals surface area contributed by atoms with Crippen LogP contribution in [0.25, 0.3) is 0 Å². The zero-order chi connectivity index (χ0) is 29.6. The normalized spacial score (nSPS) is 14.3. The molecule has 0 saturated carbocycles. The van der Waals surface area contributed by atoms with Crippen LogP contribution in [0.4, 0.5) is 11.6 Å². The van der Waals surface area contributed by atoms with E-state index in [4.69, 9.17) is 19.6 Å². The number of benzene rings is 3. The van der Waals surface area contributed by atoms with Gasteiger partial charge in [-0.15, -0.1) is 5.10 Å². The third kappa shape index (κ3) is 6.62. The van der Waals surface area contributed by atoms with E-state index in [9.17, 15) is 4.79 Å². The third-order valence-corrected chi connectivity index (χ3v) is 7.93. The maximum Gasteiger partial charge on any atom is 0.255 e. The van der Waals surface area contributed by atoms with E-state index in [0.29, 0.717) is 41.4 Å². The number of hydrogen-bond donors (Lipinski definition) is 2. The maximum atomic E-state index is 13.9. The van der Waals surface area contributed by atoms with Crippen molar-refractivity contribution in [2.75, 3.05) is 23.0 Å². The Labute approximate surface area is 251 Å². The molecule has 218 valence electrons. The number of allylic oxidation sites excluding steroid dienone is 1. The molecule has 1 atom stereocenters. The molecule has 3 aromatic carbocycles. The van der Waals surface area contributed by atoms with Gasteiger partial charge in [0.25, 0.3) is 5.91 Å². The van der Waals surface area contributed by atoms with E-state index in [2.05, 4.69) is 48.7 Å². The summed E-state index contributed by atoms with van der Waals surface area (Å²) in [7, 11) is 0. The van der Waals surface area contributed by atoms with Crippen molar-refractivity contribution in [2.45, 2.75) is 58.8 Å². The smallest absolute Gasteiger partial charge is 0.255 e. The molecule has 2 N–H and O–H groups in total. The first kappa shape index (κ1) is 29.3. The molecule has 0 bridgehead atoms. The van der Waals surface area contributed by atoms with Crippen LogP contribution >= 0.6 is 11.8 Å². The van der Waals surface area contributed by atoms with Gasteiger partial charge in [-0.1, -0.05) is 66.7 Å². The minimum atomic E-state index is -0.528. The third-order valence-electron chi connectivity index (χ3n) is 6.89. The fourth-order valence-electron chi connectivity index (χ4n) is 4.84. The fraction of sp³-hybridized carbons (Fsp3) is 0.303. The number of hydrogen-bond acceptors (Lipinski definition) is 7. The number of nitrogens with zero attached hydrogens (tertiary/aromatic N) is 3. The Hall–Kier alpha value is -4.24. The lowest BCUT2D eigenvalue weighted by Crippen LogP contribution is -2.31. The molecule has 1 aliphatic heterocycles. The number of amides is 1. The van der Waals surface area contributed by atoms with Crippen molar-refractivity contribution in [3.63, 3.8) is 0 Å². The van der Waals surface area contributed by atoms with Crippen LogP contribution in [-0.4, -0.2) is 33.0 Å². The van der Waals surface area contributed by atoms with E-state index in [0.717, 1.165) is 40.2 Å². The lowest BCUT2D eigenvalue weighted by atomic mass is 9.94. The van der Waals surface area contributed by atoms with Gasteiger partial charge < -0.3 is 20.1 Å². The molecule has 8 nitrogen and oxygen atoms in total. The number of nitrogens with one attached hydrogen (secondary N) is 2. The molecule has 0 spiro atoms. The number of anilines is 2. The number of aromatic nitrogens is 3. The number of rotatable bonds is 11. The van der Waals surface area contributed by atoms with Gasteiger partial charge in [0.2, 0.25) is 11.1 Å². The van der Waals surface area contributed by atoms with Crippen LogP contribution in [0.3, 0.4) is 0 Å². The lowest BCUT2D eigenvalue weighted by Gasteiger charge is -2.29. The SMILES string of the molecule is CCCSc1nc2n(n1)C(c1ccc(OCc3ccc(C)cc3)c(OCC)c1)C(C(=O)Nc1cccc(C)c1)=C(C)N2. The van der Waals surface area contributed by atoms with Crippen LogP contribution in [0.1, 0.15) is 55.5 Å². The van der Waals surface area contributed by atoms with Crippen molar-refractivity contribution in [1.82, 2.24) is 14.8 Å². The molecule has 0 radical (unpaired) electrons. The summed E-state index contributed by atoms with van der Waals surface area (Å²) < 4.78 is 14.0. The van der Waals surface area contributed by atoms with Gasteiger partial charge in [0.1, 0.15) is 12.6 Å². The Bertz CT molecular complexity index is 1600. The summed E-state index contributed by atoms with van der Waals surface area (Å²) in [6.45, 7) is 10.9. The number of ether oxygens (including phenoxy) is 2. The van der Waals surface area contributed by atoms with Gasteiger partial charge in [-0.25, -0.2) is 4.68 Å². The highest BCUT2D eigenvalue weighted by atomic mass is 32.2. The molecule has 42 heavy (non-hydrogen) atoms. The Morgan fingerprint density at radius 2 is 1.79 bits per heavy atom. The van der Waals surface area contributed by atoms with Crippen molar-refractivity contribution in [3.05, 3.63) is 100 Å². The fourth-order valence-corrected chi connectivity index (χ4v) is 5.52. The number of carbonyl (C=O) groups is 1. The molecular weight excluding hydrogens is 546 g/mol. The first-order valence-electron chi connectivity index (χ1n) is 14.3. The molecule has 1 unspecified atom stereocenters. The van der Waals surface area contributed by atoms with E-state index in [-0.39, 0.29) is 5.91 Å². The molecule has 1 aliphatic rings. The first-order chi connectivity index (χ1) is 20.4. The summed E-state index contributed by atoms with van der Waals surface area (Å²) in [4.78, 5) is 18.6. The highest BCUT2D eigenvalue weighted by molar-refractivity contribution is 7.99. The highest BCUT2D eigenvalue weighted by Gasteiger charge is 2.35. The van der Waals surface area contributed by atoms with Gasteiger partial charge >= 0.3 is 0 Å². The standard InChI is InChI=1S/C33H37N5O3S/c1-6-17-42-33-36-32-34-23(5)29(31(39)35-26-10-8-9-22(4)18-26)30(38(32)37-33)25-15-16-27(28(19-25)40-7-2)41-20-24-13-11-21(3)12-14-24/h8-16,18-19,30H,6-7,17,20H2,1-5H3,(H,35,39)(H,34,36,37). The summed E-state index contributed by atoms with van der Waals surface area (Å²) in [5.74, 6) is 2.54. The molecule has 0 saturated heterocycles. The molecular formula is C33H37N5O3S. The van der Waals surface area contributed by atoms with Gasteiger partial charge in [-0.3, -0.25) is 4.79 Å². The van der Waals surface area contributed by atoms with Crippen molar-refractivity contribution in [3.8, 4) is 11.5 Å². The van der Waals surface area contributed by atoms with Crippen LogP contribution in [-0.2, 0) is 11.4 Å². The van der Waals surface area contributed by atoms with Crippen LogP contribution < -0.4 is 20.1 Å². The molecule has 0 fully saturated rings. The van der Waals surface area contributed by atoms with E-state index in [1.807, 2.05) is 63.2 Å². The van der Waals surface area contributed by atoms with E-state index in [1.165, 1.54) is 5.56 Å². The minimum absolute atomic E-state index is 0.211. The predicted molar refractivity (Wildman–Crippen MR) is 168 cm³/mol. The molecule has 0 aliphatic carbocycles. The summed E-state index contributed by atoms with van der Waals surface area (Å²) >= 11 is 1.60. The number of thioether (sulfide) groups is 1. The average Bonchev–Trinajstić information content (AvgIpc) is 3.38. The molecule has 5 rings (SSSR count). The van der Waals surface area contributed by atoms with Crippen LogP contribution in [0, 0.1) is 13.8 Å². The van der Waals surface area contributed by atoms with E-state index in [1.54, 1.807) is 16.4 Å². The van der Waals surface area contributed by atoms with Crippen molar-refractivity contribution >= 4 is 29.3 Å².